The number of benzene rings is 1. The lowest BCUT2D eigenvalue weighted by molar-refractivity contribution is -0.137. The fourth-order valence-corrected chi connectivity index (χ4v) is 2.94. The first kappa shape index (κ1) is 16.1. The summed E-state index contributed by atoms with van der Waals surface area (Å²) in [5, 5.41) is 12.6. The Kier molecular flexibility index (Phi) is 5.12. The molecule has 1 aliphatic rings. The Bertz CT molecular complexity index is 562. The third-order valence-electron chi connectivity index (χ3n) is 3.67. The molecule has 1 amide bonds. The van der Waals surface area contributed by atoms with Crippen LogP contribution in [0.25, 0.3) is 0 Å². The fourth-order valence-electron chi connectivity index (χ4n) is 2.39. The number of nitrogens with one attached hydrogen (secondary N) is 1. The quantitative estimate of drug-likeness (QED) is 0.839. The molecule has 1 saturated carbocycles. The summed E-state index contributed by atoms with van der Waals surface area (Å²) < 4.78 is 0. The van der Waals surface area contributed by atoms with Crippen LogP contribution in [0.2, 0.25) is 10.0 Å². The summed E-state index contributed by atoms with van der Waals surface area (Å²) in [7, 11) is 0. The zero-order valence-electron chi connectivity index (χ0n) is 11.6. The second-order valence-corrected chi connectivity index (χ2v) is 6.30. The van der Waals surface area contributed by atoms with Gasteiger partial charge in [-0.05, 0) is 43.4 Å². The minimum atomic E-state index is -0.853. The molecule has 0 heterocycles. The minimum Gasteiger partial charge on any atom is -0.481 e. The van der Waals surface area contributed by atoms with E-state index < -0.39 is 5.97 Å². The Morgan fingerprint density at radius 2 is 2.14 bits per heavy atom. The van der Waals surface area contributed by atoms with Crippen LogP contribution in [0.15, 0.2) is 18.2 Å². The van der Waals surface area contributed by atoms with E-state index in [2.05, 4.69) is 5.32 Å². The van der Waals surface area contributed by atoms with Crippen molar-refractivity contribution < 1.29 is 14.7 Å². The Morgan fingerprint density at radius 3 is 2.76 bits per heavy atom. The number of amides is 1. The fraction of sp³-hybridized carbons (Fsp3) is 0.467. The Labute approximate surface area is 133 Å². The molecule has 3 atom stereocenters. The molecule has 0 bridgehead atoms. The molecule has 114 valence electrons. The summed E-state index contributed by atoms with van der Waals surface area (Å²) >= 11 is 12.0. The van der Waals surface area contributed by atoms with Gasteiger partial charge in [0.25, 0.3) is 0 Å². The van der Waals surface area contributed by atoms with Crippen molar-refractivity contribution in [3.63, 3.8) is 0 Å². The zero-order valence-corrected chi connectivity index (χ0v) is 13.1. The average Bonchev–Trinajstić information content (AvgIpc) is 3.16. The molecule has 0 aliphatic heterocycles. The largest absolute Gasteiger partial charge is 0.481 e. The predicted octanol–water partition coefficient (Wildman–Crippen LogP) is 3.47. The first-order chi connectivity index (χ1) is 9.88. The topological polar surface area (TPSA) is 66.4 Å². The van der Waals surface area contributed by atoms with Crippen molar-refractivity contribution in [2.75, 3.05) is 0 Å². The van der Waals surface area contributed by atoms with E-state index in [1.807, 2.05) is 13.0 Å². The van der Waals surface area contributed by atoms with Gasteiger partial charge in [0.2, 0.25) is 5.91 Å². The van der Waals surface area contributed by atoms with Crippen LogP contribution in [-0.4, -0.2) is 23.0 Å². The maximum absolute atomic E-state index is 12.1. The molecule has 1 fully saturated rings. The van der Waals surface area contributed by atoms with Crippen LogP contribution in [0.3, 0.4) is 0 Å². The summed E-state index contributed by atoms with van der Waals surface area (Å²) in [5.41, 5.74) is 0.944. The highest BCUT2D eigenvalue weighted by molar-refractivity contribution is 6.35. The van der Waals surface area contributed by atoms with Crippen LogP contribution in [-0.2, 0) is 9.59 Å². The standard InChI is InChI=1S/C15H17Cl2NO3/c1-8(2-5-14(19)20)18-15(21)12-7-11(12)10-4-3-9(16)6-13(10)17/h3-4,6,8,11-12H,2,5,7H2,1H3,(H,18,21)(H,19,20). The number of aliphatic carboxylic acids is 1. The van der Waals surface area contributed by atoms with E-state index in [0.29, 0.717) is 16.5 Å². The molecule has 2 rings (SSSR count). The van der Waals surface area contributed by atoms with Crippen molar-refractivity contribution >= 4 is 35.1 Å². The van der Waals surface area contributed by atoms with E-state index in [4.69, 9.17) is 28.3 Å². The lowest BCUT2D eigenvalue weighted by Crippen LogP contribution is -2.34. The summed E-state index contributed by atoms with van der Waals surface area (Å²) in [5.74, 6) is -0.852. The zero-order chi connectivity index (χ0) is 15.6. The second-order valence-electron chi connectivity index (χ2n) is 5.46. The Balaban J connectivity index is 1.87. The number of carboxylic acids is 1. The molecule has 1 aliphatic carbocycles. The van der Waals surface area contributed by atoms with E-state index in [1.165, 1.54) is 0 Å². The van der Waals surface area contributed by atoms with Gasteiger partial charge in [-0.2, -0.15) is 0 Å². The molecule has 0 aromatic heterocycles. The summed E-state index contributed by atoms with van der Waals surface area (Å²) in [6.07, 6.45) is 1.25. The molecule has 1 aromatic carbocycles. The molecule has 4 nitrogen and oxygen atoms in total. The van der Waals surface area contributed by atoms with Crippen molar-refractivity contribution in [3.8, 4) is 0 Å². The number of carboxylic acid groups (broad SMARTS) is 1. The molecular weight excluding hydrogens is 313 g/mol. The monoisotopic (exact) mass is 329 g/mol. The van der Waals surface area contributed by atoms with Gasteiger partial charge in [-0.1, -0.05) is 29.3 Å². The third kappa shape index (κ3) is 4.35. The highest BCUT2D eigenvalue weighted by Crippen LogP contribution is 2.50. The molecule has 0 spiro atoms. The minimum absolute atomic E-state index is 0.0381. The van der Waals surface area contributed by atoms with Gasteiger partial charge in [-0.15, -0.1) is 0 Å². The van der Waals surface area contributed by atoms with Gasteiger partial charge in [0.15, 0.2) is 0 Å². The number of carbonyl (C=O) groups excluding carboxylic acids is 1. The smallest absolute Gasteiger partial charge is 0.303 e. The maximum Gasteiger partial charge on any atom is 0.303 e. The van der Waals surface area contributed by atoms with Crippen LogP contribution >= 0.6 is 23.2 Å². The van der Waals surface area contributed by atoms with Gasteiger partial charge in [-0.25, -0.2) is 0 Å². The van der Waals surface area contributed by atoms with Gasteiger partial charge in [0.1, 0.15) is 0 Å². The highest BCUT2D eigenvalue weighted by Gasteiger charge is 2.45. The van der Waals surface area contributed by atoms with E-state index in [0.717, 1.165) is 12.0 Å². The maximum atomic E-state index is 12.1. The van der Waals surface area contributed by atoms with Gasteiger partial charge >= 0.3 is 5.97 Å². The SMILES string of the molecule is CC(CCC(=O)O)NC(=O)C1CC1c1ccc(Cl)cc1Cl. The number of hydrogen-bond acceptors (Lipinski definition) is 2. The van der Waals surface area contributed by atoms with Gasteiger partial charge in [0, 0.05) is 28.4 Å². The van der Waals surface area contributed by atoms with Crippen LogP contribution in [0.4, 0.5) is 0 Å². The molecule has 0 radical (unpaired) electrons. The Morgan fingerprint density at radius 1 is 1.43 bits per heavy atom. The number of rotatable bonds is 6. The number of halogens is 2. The van der Waals surface area contributed by atoms with Crippen LogP contribution in [0.5, 0.6) is 0 Å². The van der Waals surface area contributed by atoms with Gasteiger partial charge < -0.3 is 10.4 Å². The molecular formula is C15H17Cl2NO3. The lowest BCUT2D eigenvalue weighted by atomic mass is 10.1. The summed E-state index contributed by atoms with van der Waals surface area (Å²) in [4.78, 5) is 22.6. The number of hydrogen-bond donors (Lipinski definition) is 2. The van der Waals surface area contributed by atoms with Crippen LogP contribution < -0.4 is 5.32 Å². The Hall–Kier alpha value is -1.26. The summed E-state index contributed by atoms with van der Waals surface area (Å²) in [6.45, 7) is 1.81. The van der Waals surface area contributed by atoms with Crippen molar-refractivity contribution in [1.29, 1.82) is 0 Å². The average molecular weight is 330 g/mol. The highest BCUT2D eigenvalue weighted by atomic mass is 35.5. The molecule has 6 heteroatoms. The van der Waals surface area contributed by atoms with Crippen LogP contribution in [0.1, 0.15) is 37.7 Å². The predicted molar refractivity (Wildman–Crippen MR) is 81.8 cm³/mol. The number of carbonyl (C=O) groups is 2. The van der Waals surface area contributed by atoms with Crippen molar-refractivity contribution in [1.82, 2.24) is 5.32 Å². The first-order valence-electron chi connectivity index (χ1n) is 6.85. The summed E-state index contributed by atoms with van der Waals surface area (Å²) in [6, 6.07) is 5.17. The van der Waals surface area contributed by atoms with Crippen molar-refractivity contribution in [3.05, 3.63) is 33.8 Å². The van der Waals surface area contributed by atoms with E-state index in [9.17, 15) is 9.59 Å². The van der Waals surface area contributed by atoms with Crippen molar-refractivity contribution in [2.45, 2.75) is 38.1 Å². The molecule has 3 unspecified atom stereocenters. The van der Waals surface area contributed by atoms with Gasteiger partial charge in [0.05, 0.1) is 0 Å². The van der Waals surface area contributed by atoms with E-state index in [1.54, 1.807) is 12.1 Å². The molecule has 21 heavy (non-hydrogen) atoms. The normalized spacial score (nSPS) is 21.7. The van der Waals surface area contributed by atoms with Crippen LogP contribution in [0, 0.1) is 5.92 Å². The molecule has 1 aromatic rings. The third-order valence-corrected chi connectivity index (χ3v) is 4.23. The van der Waals surface area contributed by atoms with E-state index >= 15 is 0 Å². The molecule has 2 N–H and O–H groups in total. The van der Waals surface area contributed by atoms with Crippen molar-refractivity contribution in [2.24, 2.45) is 5.92 Å². The second kappa shape index (κ2) is 6.67. The molecule has 0 saturated heterocycles. The van der Waals surface area contributed by atoms with Gasteiger partial charge in [-0.3, -0.25) is 9.59 Å². The lowest BCUT2D eigenvalue weighted by Gasteiger charge is -2.12. The van der Waals surface area contributed by atoms with E-state index in [-0.39, 0.29) is 30.2 Å². The first-order valence-corrected chi connectivity index (χ1v) is 7.61.